The second-order valence-corrected chi connectivity index (χ2v) is 10.0. The van der Waals surface area contributed by atoms with Crippen molar-refractivity contribution in [2.45, 2.75) is 18.1 Å². The Bertz CT molecular complexity index is 1440. The first-order valence-electron chi connectivity index (χ1n) is 10.9. The van der Waals surface area contributed by atoms with Crippen LogP contribution in [0.3, 0.4) is 0 Å². The topological polar surface area (TPSA) is 74.1 Å². The van der Waals surface area contributed by atoms with Crippen molar-refractivity contribution in [2.24, 2.45) is 0 Å². The second kappa shape index (κ2) is 11.1. The summed E-state index contributed by atoms with van der Waals surface area (Å²) < 4.78 is 13.1. The summed E-state index contributed by atoms with van der Waals surface area (Å²) in [5.74, 6) is -0.599. The molecule has 0 bridgehead atoms. The quantitative estimate of drug-likeness (QED) is 0.108. The van der Waals surface area contributed by atoms with Crippen LogP contribution in [-0.2, 0) is 14.3 Å². The van der Waals surface area contributed by atoms with Gasteiger partial charge >= 0.3 is 11.9 Å². The van der Waals surface area contributed by atoms with E-state index in [1.54, 1.807) is 44.2 Å². The maximum absolute atomic E-state index is 13.6. The Morgan fingerprint density at radius 2 is 1.80 bits per heavy atom. The molecule has 4 aromatic rings. The number of halogens is 1. The summed E-state index contributed by atoms with van der Waals surface area (Å²) in [7, 11) is 0. The number of hydrogen-bond donors (Lipinski definition) is 0. The minimum Gasteiger partial charge on any atom is -0.463 e. The molecule has 0 aliphatic rings. The van der Waals surface area contributed by atoms with Gasteiger partial charge in [0.1, 0.15) is 0 Å². The lowest BCUT2D eigenvalue weighted by molar-refractivity contribution is -0.137. The zero-order valence-electron chi connectivity index (χ0n) is 19.1. The first kappa shape index (κ1) is 25.0. The normalized spacial score (nSPS) is 11.4. The lowest BCUT2D eigenvalue weighted by Gasteiger charge is -2.04. The number of thioether (sulfide) groups is 1. The van der Waals surface area contributed by atoms with Gasteiger partial charge in [0.2, 0.25) is 5.78 Å². The number of fused-ring (bicyclic) bond motifs is 3. The second-order valence-electron chi connectivity index (χ2n) is 7.30. The minimum atomic E-state index is -0.479. The third-order valence-corrected chi connectivity index (χ3v) is 7.74. The molecule has 0 atom stereocenters. The van der Waals surface area contributed by atoms with E-state index in [-0.39, 0.29) is 12.4 Å². The van der Waals surface area contributed by atoms with Crippen LogP contribution in [0.5, 0.6) is 0 Å². The number of carbonyl (C=O) groups excluding carboxylic acids is 3. The van der Waals surface area contributed by atoms with Crippen LogP contribution in [0.15, 0.2) is 65.0 Å². The van der Waals surface area contributed by atoms with E-state index in [2.05, 4.69) is 0 Å². The molecule has 0 N–H and O–H groups in total. The molecule has 180 valence electrons. The molecule has 0 saturated carbocycles. The van der Waals surface area contributed by atoms with Crippen molar-refractivity contribution >= 4 is 68.8 Å². The molecule has 3 aromatic heterocycles. The van der Waals surface area contributed by atoms with Crippen molar-refractivity contribution in [1.29, 1.82) is 0 Å². The Balaban J connectivity index is 1.87. The average Bonchev–Trinajstić information content (AvgIpc) is 3.38. The van der Waals surface area contributed by atoms with Crippen LogP contribution < -0.4 is 0 Å². The van der Waals surface area contributed by atoms with Gasteiger partial charge in [0, 0.05) is 34.0 Å². The molecule has 0 spiro atoms. The van der Waals surface area contributed by atoms with E-state index in [0.717, 1.165) is 9.73 Å². The third kappa shape index (κ3) is 5.15. The minimum absolute atomic E-state index is 0.202. The standard InChI is InChI=1S/C26H22ClNO5S2/c1-3-32-19(29)9-7-15-34-26-22-21(24(35-26)23(30)16-10-12-17(27)13-11-16)20(25(31)33-4-2)18-8-5-6-14-28(18)22/h5-14H,3-4,15H2,1-2H3/b9-7+. The van der Waals surface area contributed by atoms with Crippen LogP contribution in [0.2, 0.25) is 5.02 Å². The number of ether oxygens (including phenoxy) is 2. The summed E-state index contributed by atoms with van der Waals surface area (Å²) in [6.07, 6.45) is 4.97. The van der Waals surface area contributed by atoms with Gasteiger partial charge in [-0.15, -0.1) is 23.1 Å². The Morgan fingerprint density at radius 3 is 2.51 bits per heavy atom. The van der Waals surface area contributed by atoms with E-state index in [4.69, 9.17) is 21.1 Å². The lowest BCUT2D eigenvalue weighted by atomic mass is 10.1. The van der Waals surface area contributed by atoms with Gasteiger partial charge in [-0.1, -0.05) is 23.7 Å². The largest absolute Gasteiger partial charge is 0.463 e. The first-order valence-corrected chi connectivity index (χ1v) is 13.1. The van der Waals surface area contributed by atoms with Crippen molar-refractivity contribution < 1.29 is 23.9 Å². The van der Waals surface area contributed by atoms with E-state index in [1.807, 2.05) is 28.8 Å². The Kier molecular flexibility index (Phi) is 7.95. The highest BCUT2D eigenvalue weighted by Crippen LogP contribution is 2.44. The van der Waals surface area contributed by atoms with Crippen LogP contribution in [0.1, 0.15) is 39.4 Å². The Hall–Kier alpha value is -3.07. The van der Waals surface area contributed by atoms with E-state index in [1.165, 1.54) is 29.2 Å². The van der Waals surface area contributed by atoms with Crippen LogP contribution in [-0.4, -0.2) is 41.1 Å². The fraction of sp³-hybridized carbons (Fsp3) is 0.192. The number of benzene rings is 1. The third-order valence-electron chi connectivity index (χ3n) is 5.10. The average molecular weight is 528 g/mol. The highest BCUT2D eigenvalue weighted by Gasteiger charge is 2.29. The summed E-state index contributed by atoms with van der Waals surface area (Å²) in [6, 6.07) is 12.2. The molecule has 4 rings (SSSR count). The number of aromatic nitrogens is 1. The van der Waals surface area contributed by atoms with Crippen molar-refractivity contribution in [3.8, 4) is 0 Å². The number of pyridine rings is 1. The summed E-state index contributed by atoms with van der Waals surface area (Å²) in [5.41, 5.74) is 2.27. The predicted molar refractivity (Wildman–Crippen MR) is 140 cm³/mol. The number of thiophene rings is 1. The molecule has 3 heterocycles. The van der Waals surface area contributed by atoms with Gasteiger partial charge in [-0.05, 0) is 50.2 Å². The van der Waals surface area contributed by atoms with Gasteiger partial charge in [-0.2, -0.15) is 0 Å². The van der Waals surface area contributed by atoms with E-state index >= 15 is 0 Å². The number of carbonyl (C=O) groups is 3. The van der Waals surface area contributed by atoms with Crippen molar-refractivity contribution in [2.75, 3.05) is 19.0 Å². The maximum atomic E-state index is 13.6. The van der Waals surface area contributed by atoms with Gasteiger partial charge < -0.3 is 13.9 Å². The Morgan fingerprint density at radius 1 is 1.06 bits per heavy atom. The van der Waals surface area contributed by atoms with Crippen LogP contribution in [0.4, 0.5) is 0 Å². The number of nitrogens with zero attached hydrogens (tertiary/aromatic N) is 1. The van der Waals surface area contributed by atoms with Gasteiger partial charge in [0.05, 0.1) is 38.9 Å². The summed E-state index contributed by atoms with van der Waals surface area (Å²) in [4.78, 5) is 38.8. The summed E-state index contributed by atoms with van der Waals surface area (Å²) in [5, 5.41) is 1.10. The lowest BCUT2D eigenvalue weighted by Crippen LogP contribution is -2.06. The monoisotopic (exact) mass is 527 g/mol. The number of hydrogen-bond acceptors (Lipinski definition) is 7. The van der Waals surface area contributed by atoms with E-state index in [9.17, 15) is 14.4 Å². The number of esters is 2. The fourth-order valence-corrected chi connectivity index (χ4v) is 6.17. The van der Waals surface area contributed by atoms with Gasteiger partial charge in [-0.3, -0.25) is 4.79 Å². The maximum Gasteiger partial charge on any atom is 0.341 e. The molecule has 0 aliphatic heterocycles. The smallest absolute Gasteiger partial charge is 0.341 e. The van der Waals surface area contributed by atoms with Crippen molar-refractivity contribution in [1.82, 2.24) is 4.40 Å². The Labute approximate surface area is 215 Å². The van der Waals surface area contributed by atoms with E-state index < -0.39 is 11.9 Å². The summed E-state index contributed by atoms with van der Waals surface area (Å²) in [6.45, 7) is 4.03. The van der Waals surface area contributed by atoms with Crippen molar-refractivity contribution in [3.63, 3.8) is 0 Å². The highest BCUT2D eigenvalue weighted by atomic mass is 35.5. The van der Waals surface area contributed by atoms with Gasteiger partial charge in [0.15, 0.2) is 0 Å². The zero-order chi connectivity index (χ0) is 24.9. The molecule has 35 heavy (non-hydrogen) atoms. The van der Waals surface area contributed by atoms with Crippen LogP contribution in [0, 0.1) is 0 Å². The molecule has 0 fully saturated rings. The molecule has 0 unspecified atom stereocenters. The number of rotatable bonds is 9. The first-order chi connectivity index (χ1) is 17.0. The molecule has 0 saturated heterocycles. The van der Waals surface area contributed by atoms with Crippen LogP contribution in [0.25, 0.3) is 16.4 Å². The molecule has 0 aliphatic carbocycles. The zero-order valence-corrected chi connectivity index (χ0v) is 21.5. The highest BCUT2D eigenvalue weighted by molar-refractivity contribution is 8.01. The molecular formula is C26H22ClNO5S2. The van der Waals surface area contributed by atoms with Crippen molar-refractivity contribution in [3.05, 3.63) is 81.8 Å². The molecule has 0 amide bonds. The SMILES string of the molecule is CCOC(=O)/C=C/CSc1sc(C(=O)c2ccc(Cl)cc2)c2c(C(=O)OCC)c3ccccn3c12. The molecule has 9 heteroatoms. The summed E-state index contributed by atoms with van der Waals surface area (Å²) >= 11 is 8.81. The van der Waals surface area contributed by atoms with Crippen LogP contribution >= 0.6 is 34.7 Å². The predicted octanol–water partition coefficient (Wildman–Crippen LogP) is 6.43. The van der Waals surface area contributed by atoms with Gasteiger partial charge in [-0.25, -0.2) is 9.59 Å². The molecular weight excluding hydrogens is 506 g/mol. The number of ketones is 1. The van der Waals surface area contributed by atoms with Gasteiger partial charge in [0.25, 0.3) is 0 Å². The molecule has 1 aromatic carbocycles. The molecule has 6 nitrogen and oxygen atoms in total. The van der Waals surface area contributed by atoms with E-state index in [0.29, 0.717) is 44.3 Å². The fourth-order valence-electron chi connectivity index (χ4n) is 3.68. The molecule has 0 radical (unpaired) electrons.